The molecule has 2 rings (SSSR count). The number of nitrogens with zero attached hydrogens (tertiary/aromatic N) is 1. The third kappa shape index (κ3) is 5.59. The highest BCUT2D eigenvalue weighted by molar-refractivity contribution is 7.91. The van der Waals surface area contributed by atoms with Crippen LogP contribution in [0.3, 0.4) is 0 Å². The van der Waals surface area contributed by atoms with Gasteiger partial charge in [-0.2, -0.15) is 0 Å². The van der Waals surface area contributed by atoms with Crippen molar-refractivity contribution in [2.45, 2.75) is 31.9 Å². The number of carbonyl (C=O) groups excluding carboxylic acids is 1. The van der Waals surface area contributed by atoms with Crippen molar-refractivity contribution in [1.29, 1.82) is 0 Å². The van der Waals surface area contributed by atoms with Crippen LogP contribution in [0.2, 0.25) is 5.02 Å². The molecule has 0 unspecified atom stereocenters. The minimum absolute atomic E-state index is 0.00450. The number of rotatable bonds is 8. The number of carbonyl (C=O) groups is 1. The van der Waals surface area contributed by atoms with Gasteiger partial charge in [-0.15, -0.1) is 0 Å². The first kappa shape index (κ1) is 20.0. The van der Waals surface area contributed by atoms with E-state index in [4.69, 9.17) is 21.1 Å². The van der Waals surface area contributed by atoms with Crippen LogP contribution >= 0.6 is 11.6 Å². The molecule has 2 atom stereocenters. The molecule has 1 fully saturated rings. The summed E-state index contributed by atoms with van der Waals surface area (Å²) in [4.78, 5) is 14.5. The van der Waals surface area contributed by atoms with E-state index in [1.165, 1.54) is 0 Å². The van der Waals surface area contributed by atoms with Crippen LogP contribution in [0.4, 0.5) is 0 Å². The first-order valence-electron chi connectivity index (χ1n) is 8.25. The summed E-state index contributed by atoms with van der Waals surface area (Å²) in [6, 6.07) is 6.63. The van der Waals surface area contributed by atoms with Crippen LogP contribution in [0, 0.1) is 0 Å². The molecule has 1 aromatic carbocycles. The molecule has 0 bridgehead atoms. The van der Waals surface area contributed by atoms with Crippen LogP contribution in [-0.2, 0) is 19.4 Å². The molecule has 25 heavy (non-hydrogen) atoms. The highest BCUT2D eigenvalue weighted by Gasteiger charge is 2.36. The highest BCUT2D eigenvalue weighted by Crippen LogP contribution is 2.25. The largest absolute Gasteiger partial charge is 0.479 e. The minimum Gasteiger partial charge on any atom is -0.479 e. The van der Waals surface area contributed by atoms with E-state index in [-0.39, 0.29) is 23.5 Å². The first-order valence-corrected chi connectivity index (χ1v) is 10.4. The molecule has 1 saturated heterocycles. The number of sulfone groups is 1. The summed E-state index contributed by atoms with van der Waals surface area (Å²) in [6.45, 7) is 2.59. The van der Waals surface area contributed by atoms with Crippen LogP contribution < -0.4 is 4.74 Å². The maximum absolute atomic E-state index is 12.9. The molecule has 0 radical (unpaired) electrons. The zero-order valence-corrected chi connectivity index (χ0v) is 16.1. The molecule has 0 N–H and O–H groups in total. The molecule has 1 amide bonds. The molecular weight excluding hydrogens is 366 g/mol. The Morgan fingerprint density at radius 2 is 2.12 bits per heavy atom. The summed E-state index contributed by atoms with van der Waals surface area (Å²) in [7, 11) is -1.49. The molecule has 140 valence electrons. The normalized spacial score (nSPS) is 20.2. The van der Waals surface area contributed by atoms with Crippen LogP contribution in [0.1, 0.15) is 19.8 Å². The Bertz CT molecular complexity index is 694. The van der Waals surface area contributed by atoms with Gasteiger partial charge in [-0.1, -0.05) is 23.7 Å². The highest BCUT2D eigenvalue weighted by atomic mass is 35.5. The molecule has 0 spiro atoms. The second-order valence-electron chi connectivity index (χ2n) is 6.13. The van der Waals surface area contributed by atoms with E-state index in [1.807, 2.05) is 0 Å². The summed E-state index contributed by atoms with van der Waals surface area (Å²) in [5, 5.41) is 0.427. The van der Waals surface area contributed by atoms with Gasteiger partial charge in [-0.3, -0.25) is 4.79 Å². The lowest BCUT2D eigenvalue weighted by Gasteiger charge is -2.31. The van der Waals surface area contributed by atoms with E-state index in [1.54, 1.807) is 43.2 Å². The number of hydrogen-bond donors (Lipinski definition) is 0. The van der Waals surface area contributed by atoms with Gasteiger partial charge < -0.3 is 14.4 Å². The number of hydrogen-bond acceptors (Lipinski definition) is 5. The van der Waals surface area contributed by atoms with Crippen molar-refractivity contribution in [3.63, 3.8) is 0 Å². The quantitative estimate of drug-likeness (QED) is 0.637. The molecule has 8 heteroatoms. The smallest absolute Gasteiger partial charge is 0.263 e. The second-order valence-corrected chi connectivity index (χ2v) is 8.76. The Balaban J connectivity index is 2.09. The van der Waals surface area contributed by atoms with Gasteiger partial charge in [0.1, 0.15) is 5.75 Å². The second kappa shape index (κ2) is 8.87. The fraction of sp³-hybridized carbons (Fsp3) is 0.588. The van der Waals surface area contributed by atoms with E-state index in [0.717, 1.165) is 0 Å². The summed E-state index contributed by atoms with van der Waals surface area (Å²) in [5.41, 5.74) is 0. The van der Waals surface area contributed by atoms with Crippen LogP contribution in [0.25, 0.3) is 0 Å². The van der Waals surface area contributed by atoms with Crippen molar-refractivity contribution in [1.82, 2.24) is 4.90 Å². The lowest BCUT2D eigenvalue weighted by Crippen LogP contribution is -2.47. The maximum Gasteiger partial charge on any atom is 0.263 e. The number of amides is 1. The molecule has 1 heterocycles. The predicted molar refractivity (Wildman–Crippen MR) is 96.8 cm³/mol. The van der Waals surface area contributed by atoms with Gasteiger partial charge in [0.05, 0.1) is 16.5 Å². The van der Waals surface area contributed by atoms with Gasteiger partial charge in [0, 0.05) is 26.3 Å². The Kier molecular flexibility index (Phi) is 7.10. The minimum atomic E-state index is -3.08. The summed E-state index contributed by atoms with van der Waals surface area (Å²) in [6.07, 6.45) is 0.336. The van der Waals surface area contributed by atoms with E-state index in [2.05, 4.69) is 0 Å². The van der Waals surface area contributed by atoms with Gasteiger partial charge in [0.15, 0.2) is 15.9 Å². The number of halogens is 1. The number of methoxy groups -OCH3 is 1. The topological polar surface area (TPSA) is 72.9 Å². The Morgan fingerprint density at radius 1 is 1.40 bits per heavy atom. The molecule has 1 aromatic rings. The lowest BCUT2D eigenvalue weighted by atomic mass is 10.2. The average Bonchev–Trinajstić information content (AvgIpc) is 2.93. The number of ether oxygens (including phenoxy) is 2. The standard InChI is InChI=1S/C17H24ClNO5S/c1-13(24-16-7-4-3-6-15(16)18)17(20)19(9-5-10-23-2)14-8-11-25(21,22)12-14/h3-4,6-7,13-14H,5,8-12H2,1-2H3/t13-,14-/m0/s1. The van der Waals surface area contributed by atoms with Crippen LogP contribution in [0.5, 0.6) is 5.75 Å². The number of para-hydroxylation sites is 1. The van der Waals surface area contributed by atoms with E-state index in [0.29, 0.717) is 36.8 Å². The Hall–Kier alpha value is -1.31. The van der Waals surface area contributed by atoms with Crippen molar-refractivity contribution in [2.75, 3.05) is 31.8 Å². The summed E-state index contributed by atoms with van der Waals surface area (Å²) >= 11 is 6.07. The number of benzene rings is 1. The fourth-order valence-corrected chi connectivity index (χ4v) is 4.80. The molecule has 0 aliphatic carbocycles. The van der Waals surface area contributed by atoms with Gasteiger partial charge in [-0.05, 0) is 31.9 Å². The van der Waals surface area contributed by atoms with Crippen molar-refractivity contribution < 1.29 is 22.7 Å². The molecule has 0 saturated carbocycles. The molecule has 1 aliphatic heterocycles. The van der Waals surface area contributed by atoms with E-state index in [9.17, 15) is 13.2 Å². The van der Waals surface area contributed by atoms with Gasteiger partial charge >= 0.3 is 0 Å². The zero-order chi connectivity index (χ0) is 18.4. The fourth-order valence-electron chi connectivity index (χ4n) is 2.89. The third-order valence-electron chi connectivity index (χ3n) is 4.17. The zero-order valence-electron chi connectivity index (χ0n) is 14.5. The van der Waals surface area contributed by atoms with E-state index < -0.39 is 15.9 Å². The predicted octanol–water partition coefficient (Wildman–Crippen LogP) is 2.16. The summed E-state index contributed by atoms with van der Waals surface area (Å²) in [5.74, 6) is 0.315. The van der Waals surface area contributed by atoms with Crippen LogP contribution in [0.15, 0.2) is 24.3 Å². The first-order chi connectivity index (χ1) is 11.8. The molecule has 0 aromatic heterocycles. The van der Waals surface area contributed by atoms with Crippen molar-refractivity contribution in [3.05, 3.63) is 29.3 Å². The molecule has 1 aliphatic rings. The van der Waals surface area contributed by atoms with Gasteiger partial charge in [0.2, 0.25) is 0 Å². The average molecular weight is 390 g/mol. The monoisotopic (exact) mass is 389 g/mol. The maximum atomic E-state index is 12.9. The SMILES string of the molecule is COCCCN(C(=O)[C@H](C)Oc1ccccc1Cl)[C@H]1CCS(=O)(=O)C1. The molecule has 6 nitrogen and oxygen atoms in total. The molecular formula is C17H24ClNO5S. The van der Waals surface area contributed by atoms with Gasteiger partial charge in [-0.25, -0.2) is 8.42 Å². The van der Waals surface area contributed by atoms with Crippen molar-refractivity contribution in [3.8, 4) is 5.75 Å². The van der Waals surface area contributed by atoms with Gasteiger partial charge in [0.25, 0.3) is 5.91 Å². The van der Waals surface area contributed by atoms with E-state index >= 15 is 0 Å². The van der Waals surface area contributed by atoms with Crippen LogP contribution in [-0.4, -0.2) is 63.1 Å². The lowest BCUT2D eigenvalue weighted by molar-refractivity contribution is -0.140. The Morgan fingerprint density at radius 3 is 2.72 bits per heavy atom. The third-order valence-corrected chi connectivity index (χ3v) is 6.23. The van der Waals surface area contributed by atoms with Crippen molar-refractivity contribution >= 4 is 27.3 Å². The van der Waals surface area contributed by atoms with Crippen molar-refractivity contribution in [2.24, 2.45) is 0 Å². The Labute approximate surface area is 154 Å². The summed E-state index contributed by atoms with van der Waals surface area (Å²) < 4.78 is 34.3.